The van der Waals surface area contributed by atoms with Crippen LogP contribution in [0.2, 0.25) is 0 Å². The summed E-state index contributed by atoms with van der Waals surface area (Å²) >= 11 is 0. The summed E-state index contributed by atoms with van der Waals surface area (Å²) in [6.07, 6.45) is 0.674. The molecule has 2 heterocycles. The lowest BCUT2D eigenvalue weighted by molar-refractivity contribution is -0.181. The van der Waals surface area contributed by atoms with Crippen LogP contribution in [0.1, 0.15) is 27.7 Å². The Labute approximate surface area is 179 Å². The molecule has 0 bridgehead atoms. The van der Waals surface area contributed by atoms with Gasteiger partial charge >= 0.3 is 11.9 Å². The van der Waals surface area contributed by atoms with Crippen molar-refractivity contribution in [1.82, 2.24) is 4.98 Å². The number of hydrogen-bond donors (Lipinski definition) is 0. The SMILES string of the molecule is COc1c2ccoc2nc2c(OC)c(OCC(OC(C)=O)C(C)(C)OC(C)=O)ccc12. The van der Waals surface area contributed by atoms with E-state index in [0.717, 1.165) is 10.8 Å². The van der Waals surface area contributed by atoms with E-state index in [0.29, 0.717) is 28.5 Å². The third-order valence-corrected chi connectivity index (χ3v) is 4.73. The molecule has 1 aromatic carbocycles. The van der Waals surface area contributed by atoms with Gasteiger partial charge in [0.05, 0.1) is 25.9 Å². The van der Waals surface area contributed by atoms with Crippen LogP contribution in [-0.4, -0.2) is 49.5 Å². The zero-order chi connectivity index (χ0) is 22.8. The average Bonchev–Trinajstić information content (AvgIpc) is 3.15. The number of pyridine rings is 1. The maximum Gasteiger partial charge on any atom is 0.303 e. The molecule has 0 fully saturated rings. The van der Waals surface area contributed by atoms with Crippen molar-refractivity contribution in [3.63, 3.8) is 0 Å². The van der Waals surface area contributed by atoms with Crippen LogP contribution in [0, 0.1) is 0 Å². The van der Waals surface area contributed by atoms with Crippen molar-refractivity contribution in [3.8, 4) is 17.2 Å². The third kappa shape index (κ3) is 4.50. The Morgan fingerprint density at radius 3 is 2.35 bits per heavy atom. The highest BCUT2D eigenvalue weighted by Crippen LogP contribution is 2.41. The van der Waals surface area contributed by atoms with Crippen molar-refractivity contribution in [2.24, 2.45) is 0 Å². The van der Waals surface area contributed by atoms with Crippen LogP contribution in [0.15, 0.2) is 28.9 Å². The summed E-state index contributed by atoms with van der Waals surface area (Å²) in [4.78, 5) is 27.6. The van der Waals surface area contributed by atoms with E-state index in [-0.39, 0.29) is 6.61 Å². The van der Waals surface area contributed by atoms with Gasteiger partial charge in [-0.25, -0.2) is 4.98 Å². The molecule has 2 aromatic heterocycles. The Kier molecular flexibility index (Phi) is 6.24. The fourth-order valence-corrected chi connectivity index (χ4v) is 3.36. The molecular formula is C22H25NO8. The molecule has 9 heteroatoms. The summed E-state index contributed by atoms with van der Waals surface area (Å²) < 4.78 is 33.2. The Hall–Kier alpha value is -3.49. The molecule has 0 N–H and O–H groups in total. The van der Waals surface area contributed by atoms with Gasteiger partial charge in [-0.15, -0.1) is 0 Å². The summed E-state index contributed by atoms with van der Waals surface area (Å²) in [6, 6.07) is 5.28. The fraction of sp³-hybridized carbons (Fsp3) is 0.409. The zero-order valence-corrected chi connectivity index (χ0v) is 18.3. The average molecular weight is 431 g/mol. The van der Waals surface area contributed by atoms with Crippen LogP contribution in [-0.2, 0) is 19.1 Å². The van der Waals surface area contributed by atoms with Crippen LogP contribution in [0.4, 0.5) is 0 Å². The van der Waals surface area contributed by atoms with Gasteiger partial charge in [0.1, 0.15) is 23.5 Å². The van der Waals surface area contributed by atoms with E-state index in [1.54, 1.807) is 39.2 Å². The zero-order valence-electron chi connectivity index (χ0n) is 18.3. The second-order valence-electron chi connectivity index (χ2n) is 7.38. The van der Waals surface area contributed by atoms with Crippen LogP contribution >= 0.6 is 0 Å². The maximum absolute atomic E-state index is 11.6. The molecule has 0 aliphatic rings. The molecule has 0 amide bonds. The minimum atomic E-state index is -1.11. The molecule has 0 spiro atoms. The van der Waals surface area contributed by atoms with Gasteiger partial charge in [-0.05, 0) is 32.0 Å². The summed E-state index contributed by atoms with van der Waals surface area (Å²) in [6.45, 7) is 5.76. The van der Waals surface area contributed by atoms with Gasteiger partial charge in [0, 0.05) is 19.2 Å². The molecule has 0 radical (unpaired) electrons. The molecular weight excluding hydrogens is 406 g/mol. The Bertz CT molecular complexity index is 1120. The number of furan rings is 1. The van der Waals surface area contributed by atoms with Crippen molar-refractivity contribution in [2.75, 3.05) is 20.8 Å². The van der Waals surface area contributed by atoms with Gasteiger partial charge in [-0.3, -0.25) is 9.59 Å². The maximum atomic E-state index is 11.6. The lowest BCUT2D eigenvalue weighted by Crippen LogP contribution is -2.46. The minimum absolute atomic E-state index is 0.0815. The van der Waals surface area contributed by atoms with E-state index in [2.05, 4.69) is 4.98 Å². The second kappa shape index (κ2) is 8.71. The molecule has 1 atom stereocenters. The number of esters is 2. The molecule has 3 rings (SSSR count). The summed E-state index contributed by atoms with van der Waals surface area (Å²) in [5.74, 6) is 0.315. The number of nitrogens with zero attached hydrogens (tertiary/aromatic N) is 1. The number of carbonyl (C=O) groups excluding carboxylic acids is 2. The molecule has 0 saturated carbocycles. The predicted molar refractivity (Wildman–Crippen MR) is 112 cm³/mol. The lowest BCUT2D eigenvalue weighted by Gasteiger charge is -2.32. The molecule has 166 valence electrons. The number of rotatable bonds is 8. The highest BCUT2D eigenvalue weighted by atomic mass is 16.6. The molecule has 31 heavy (non-hydrogen) atoms. The minimum Gasteiger partial charge on any atom is -0.495 e. The van der Waals surface area contributed by atoms with Crippen molar-refractivity contribution in [3.05, 3.63) is 24.5 Å². The van der Waals surface area contributed by atoms with Crippen LogP contribution in [0.5, 0.6) is 17.2 Å². The molecule has 9 nitrogen and oxygen atoms in total. The molecule has 1 unspecified atom stereocenters. The van der Waals surface area contributed by atoms with E-state index in [4.69, 9.17) is 28.1 Å². The van der Waals surface area contributed by atoms with Gasteiger partial charge in [0.2, 0.25) is 5.71 Å². The smallest absolute Gasteiger partial charge is 0.303 e. The van der Waals surface area contributed by atoms with Gasteiger partial charge in [0.15, 0.2) is 17.6 Å². The number of benzene rings is 1. The van der Waals surface area contributed by atoms with E-state index < -0.39 is 23.6 Å². The van der Waals surface area contributed by atoms with Crippen molar-refractivity contribution in [1.29, 1.82) is 0 Å². The number of methoxy groups -OCH3 is 2. The van der Waals surface area contributed by atoms with Gasteiger partial charge in [-0.2, -0.15) is 0 Å². The van der Waals surface area contributed by atoms with E-state index in [1.807, 2.05) is 0 Å². The van der Waals surface area contributed by atoms with Crippen molar-refractivity contribution in [2.45, 2.75) is 39.4 Å². The Morgan fingerprint density at radius 1 is 1.03 bits per heavy atom. The highest BCUT2D eigenvalue weighted by Gasteiger charge is 2.36. The third-order valence-electron chi connectivity index (χ3n) is 4.73. The molecule has 0 saturated heterocycles. The fourth-order valence-electron chi connectivity index (χ4n) is 3.36. The number of ether oxygens (including phenoxy) is 5. The van der Waals surface area contributed by atoms with Crippen LogP contribution in [0.25, 0.3) is 22.0 Å². The first-order chi connectivity index (χ1) is 14.7. The molecule has 0 aliphatic carbocycles. The number of fused-ring (bicyclic) bond motifs is 2. The number of carbonyl (C=O) groups is 2. The molecule has 0 aliphatic heterocycles. The Morgan fingerprint density at radius 2 is 1.74 bits per heavy atom. The van der Waals surface area contributed by atoms with Crippen molar-refractivity contribution < 1.29 is 37.7 Å². The number of aromatic nitrogens is 1. The lowest BCUT2D eigenvalue weighted by atomic mass is 10.0. The van der Waals surface area contributed by atoms with E-state index >= 15 is 0 Å². The summed E-state index contributed by atoms with van der Waals surface area (Å²) in [5, 5.41) is 1.46. The van der Waals surface area contributed by atoms with Crippen molar-refractivity contribution >= 4 is 33.9 Å². The monoisotopic (exact) mass is 431 g/mol. The first-order valence-electron chi connectivity index (χ1n) is 9.59. The second-order valence-corrected chi connectivity index (χ2v) is 7.38. The largest absolute Gasteiger partial charge is 0.495 e. The van der Waals surface area contributed by atoms with E-state index in [9.17, 15) is 9.59 Å². The van der Waals surface area contributed by atoms with Gasteiger partial charge < -0.3 is 28.1 Å². The normalized spacial score (nSPS) is 12.5. The van der Waals surface area contributed by atoms with E-state index in [1.165, 1.54) is 27.2 Å². The topological polar surface area (TPSA) is 106 Å². The van der Waals surface area contributed by atoms with Crippen LogP contribution < -0.4 is 14.2 Å². The quantitative estimate of drug-likeness (QED) is 0.494. The number of hydrogen-bond acceptors (Lipinski definition) is 9. The highest BCUT2D eigenvalue weighted by molar-refractivity contribution is 6.02. The first-order valence-corrected chi connectivity index (χ1v) is 9.59. The first kappa shape index (κ1) is 22.2. The summed E-state index contributed by atoms with van der Waals surface area (Å²) in [5.41, 5.74) is -0.222. The molecule has 3 aromatic rings. The van der Waals surface area contributed by atoms with Gasteiger partial charge in [0.25, 0.3) is 0 Å². The standard InChI is InChI=1S/C22H25NO8/c1-12(24)30-17(22(3,4)31-13(2)25)11-29-16-8-7-14-18(20(16)27-6)23-21-15(9-10-28-21)19(14)26-5/h7-10,17H,11H2,1-6H3. The Balaban J connectivity index is 1.99. The summed E-state index contributed by atoms with van der Waals surface area (Å²) in [7, 11) is 3.06. The van der Waals surface area contributed by atoms with Gasteiger partial charge in [-0.1, -0.05) is 0 Å². The predicted octanol–water partition coefficient (Wildman–Crippen LogP) is 3.65. The van der Waals surface area contributed by atoms with Crippen LogP contribution in [0.3, 0.4) is 0 Å².